The maximum atomic E-state index is 10.5. The molecule has 0 atom stereocenters. The lowest BCUT2D eigenvalue weighted by Gasteiger charge is -2.35. The van der Waals surface area contributed by atoms with Gasteiger partial charge in [0.2, 0.25) is 17.6 Å². The van der Waals surface area contributed by atoms with Gasteiger partial charge in [0.25, 0.3) is 0 Å². The molecule has 0 radical (unpaired) electrons. The van der Waals surface area contributed by atoms with Gasteiger partial charge in [-0.15, -0.1) is 0 Å². The summed E-state index contributed by atoms with van der Waals surface area (Å²) in [7, 11) is 1.61. The van der Waals surface area contributed by atoms with Crippen LogP contribution in [0.1, 0.15) is 39.0 Å². The quantitative estimate of drug-likeness (QED) is 0.466. The van der Waals surface area contributed by atoms with Crippen molar-refractivity contribution in [3.63, 3.8) is 0 Å². The highest BCUT2D eigenvalue weighted by Crippen LogP contribution is 2.35. The second-order valence-electron chi connectivity index (χ2n) is 7.96. The standard InChI is InChI=1S/C21H25N7O2/c1-3-21(29)6-4-14(5-7-21)25-19-26-17-16(18(27-19)30-2)15(11-23-17)13-10-24-20-22-8-9-28(20)12-13/h8-12,14,29H,3-7H2,1-2H3,(H2,23,25,26,27). The normalized spacial score (nSPS) is 21.9. The number of ether oxygens (including phenoxy) is 1. The molecular formula is C21H25N7O2. The molecule has 1 aliphatic carbocycles. The van der Waals surface area contributed by atoms with Crippen LogP contribution in [0.2, 0.25) is 0 Å². The van der Waals surface area contributed by atoms with Gasteiger partial charge in [0.1, 0.15) is 5.65 Å². The van der Waals surface area contributed by atoms with Crippen LogP contribution in [0.15, 0.2) is 31.0 Å². The fourth-order valence-electron chi connectivity index (χ4n) is 4.23. The summed E-state index contributed by atoms with van der Waals surface area (Å²) in [6.45, 7) is 2.04. The molecule has 0 saturated heterocycles. The molecular weight excluding hydrogens is 382 g/mol. The number of methoxy groups -OCH3 is 1. The molecule has 5 rings (SSSR count). The van der Waals surface area contributed by atoms with Crippen molar-refractivity contribution in [3.8, 4) is 17.0 Å². The van der Waals surface area contributed by atoms with Gasteiger partial charge < -0.3 is 20.1 Å². The molecule has 9 nitrogen and oxygen atoms in total. The van der Waals surface area contributed by atoms with Crippen LogP contribution in [0.4, 0.5) is 5.95 Å². The molecule has 0 aliphatic heterocycles. The van der Waals surface area contributed by atoms with E-state index in [4.69, 9.17) is 4.74 Å². The summed E-state index contributed by atoms with van der Waals surface area (Å²) >= 11 is 0. The number of nitrogens with one attached hydrogen (secondary N) is 2. The van der Waals surface area contributed by atoms with E-state index >= 15 is 0 Å². The molecule has 3 N–H and O–H groups in total. The van der Waals surface area contributed by atoms with Crippen LogP contribution < -0.4 is 10.1 Å². The van der Waals surface area contributed by atoms with E-state index in [0.717, 1.165) is 48.6 Å². The van der Waals surface area contributed by atoms with Gasteiger partial charge in [-0.25, -0.2) is 9.97 Å². The Morgan fingerprint density at radius 3 is 2.90 bits per heavy atom. The van der Waals surface area contributed by atoms with E-state index in [1.807, 2.05) is 29.9 Å². The Labute approximate surface area is 173 Å². The van der Waals surface area contributed by atoms with Crippen LogP contribution in [0.3, 0.4) is 0 Å². The Morgan fingerprint density at radius 2 is 2.13 bits per heavy atom. The first kappa shape index (κ1) is 18.8. The molecule has 4 aromatic heterocycles. The van der Waals surface area contributed by atoms with Gasteiger partial charge in [0.15, 0.2) is 0 Å². The van der Waals surface area contributed by atoms with Gasteiger partial charge in [-0.1, -0.05) is 6.92 Å². The van der Waals surface area contributed by atoms with Crippen molar-refractivity contribution in [2.45, 2.75) is 50.7 Å². The molecule has 0 bridgehead atoms. The average Bonchev–Trinajstić information content (AvgIpc) is 3.41. The molecule has 0 aromatic carbocycles. The molecule has 0 amide bonds. The zero-order valence-electron chi connectivity index (χ0n) is 17.1. The molecule has 4 heterocycles. The molecule has 156 valence electrons. The van der Waals surface area contributed by atoms with E-state index in [-0.39, 0.29) is 6.04 Å². The third-order valence-electron chi connectivity index (χ3n) is 6.16. The minimum absolute atomic E-state index is 0.237. The summed E-state index contributed by atoms with van der Waals surface area (Å²) in [6, 6.07) is 0.237. The molecule has 9 heteroatoms. The van der Waals surface area contributed by atoms with Gasteiger partial charge in [-0.3, -0.25) is 4.40 Å². The van der Waals surface area contributed by atoms with Crippen molar-refractivity contribution in [1.29, 1.82) is 0 Å². The first-order chi connectivity index (χ1) is 14.6. The maximum Gasteiger partial charge on any atom is 0.233 e. The van der Waals surface area contributed by atoms with Gasteiger partial charge in [0.05, 0.1) is 18.1 Å². The average molecular weight is 407 g/mol. The highest BCUT2D eigenvalue weighted by Gasteiger charge is 2.31. The minimum Gasteiger partial charge on any atom is -0.480 e. The summed E-state index contributed by atoms with van der Waals surface area (Å²) in [4.78, 5) is 21.1. The Morgan fingerprint density at radius 1 is 1.30 bits per heavy atom. The number of aliphatic hydroxyl groups is 1. The first-order valence-corrected chi connectivity index (χ1v) is 10.3. The first-order valence-electron chi connectivity index (χ1n) is 10.3. The van der Waals surface area contributed by atoms with Crippen LogP contribution in [0.5, 0.6) is 5.88 Å². The number of anilines is 1. The van der Waals surface area contributed by atoms with E-state index in [0.29, 0.717) is 23.3 Å². The third-order valence-corrected chi connectivity index (χ3v) is 6.16. The highest BCUT2D eigenvalue weighted by atomic mass is 16.5. The third kappa shape index (κ3) is 3.24. The van der Waals surface area contributed by atoms with Crippen molar-refractivity contribution >= 4 is 22.8 Å². The smallest absolute Gasteiger partial charge is 0.233 e. The zero-order valence-corrected chi connectivity index (χ0v) is 17.1. The fourth-order valence-corrected chi connectivity index (χ4v) is 4.23. The summed E-state index contributed by atoms with van der Waals surface area (Å²) in [6.07, 6.45) is 13.4. The second kappa shape index (κ2) is 7.24. The zero-order chi connectivity index (χ0) is 20.7. The van der Waals surface area contributed by atoms with Crippen LogP contribution in [-0.4, -0.2) is 53.2 Å². The van der Waals surface area contributed by atoms with Crippen LogP contribution in [0.25, 0.3) is 27.9 Å². The number of rotatable bonds is 5. The van der Waals surface area contributed by atoms with E-state index in [1.54, 1.807) is 19.5 Å². The number of aromatic nitrogens is 6. The van der Waals surface area contributed by atoms with Crippen molar-refractivity contribution in [2.75, 3.05) is 12.4 Å². The van der Waals surface area contributed by atoms with Crippen molar-refractivity contribution in [2.24, 2.45) is 0 Å². The van der Waals surface area contributed by atoms with E-state index in [2.05, 4.69) is 30.2 Å². The lowest BCUT2D eigenvalue weighted by Crippen LogP contribution is -2.38. The van der Waals surface area contributed by atoms with Gasteiger partial charge in [-0.05, 0) is 32.1 Å². The number of aromatic amines is 1. The van der Waals surface area contributed by atoms with Gasteiger partial charge in [0, 0.05) is 48.2 Å². The molecule has 0 unspecified atom stereocenters. The summed E-state index contributed by atoms with van der Waals surface area (Å²) in [5, 5.41) is 14.7. The molecule has 30 heavy (non-hydrogen) atoms. The summed E-state index contributed by atoms with van der Waals surface area (Å²) in [5.41, 5.74) is 2.01. The monoisotopic (exact) mass is 407 g/mol. The Hall–Kier alpha value is -3.20. The lowest BCUT2D eigenvalue weighted by molar-refractivity contribution is -0.00198. The summed E-state index contributed by atoms with van der Waals surface area (Å²) in [5.74, 6) is 1.68. The highest BCUT2D eigenvalue weighted by molar-refractivity contribution is 5.97. The van der Waals surface area contributed by atoms with E-state index < -0.39 is 5.60 Å². The van der Waals surface area contributed by atoms with Crippen LogP contribution in [0, 0.1) is 0 Å². The number of hydrogen-bond acceptors (Lipinski definition) is 7. The number of nitrogens with zero attached hydrogens (tertiary/aromatic N) is 5. The SMILES string of the molecule is CCC1(O)CCC(Nc2nc(OC)c3c(-c4cnc5nccn5c4)c[nH]c3n2)CC1. The van der Waals surface area contributed by atoms with Crippen molar-refractivity contribution in [3.05, 3.63) is 31.0 Å². The number of fused-ring (bicyclic) bond motifs is 2. The molecule has 4 aromatic rings. The lowest BCUT2D eigenvalue weighted by atomic mass is 9.80. The van der Waals surface area contributed by atoms with Crippen LogP contribution in [-0.2, 0) is 0 Å². The molecule has 1 fully saturated rings. The van der Waals surface area contributed by atoms with Crippen molar-refractivity contribution < 1.29 is 9.84 Å². The Balaban J connectivity index is 1.46. The Kier molecular flexibility index (Phi) is 4.54. The fraction of sp³-hybridized carbons (Fsp3) is 0.429. The van der Waals surface area contributed by atoms with E-state index in [9.17, 15) is 5.11 Å². The second-order valence-corrected chi connectivity index (χ2v) is 7.96. The topological polar surface area (TPSA) is 113 Å². The van der Waals surface area contributed by atoms with Gasteiger partial charge >= 0.3 is 0 Å². The molecule has 1 saturated carbocycles. The minimum atomic E-state index is -0.528. The summed E-state index contributed by atoms with van der Waals surface area (Å²) < 4.78 is 7.48. The number of hydrogen-bond donors (Lipinski definition) is 3. The molecule has 0 spiro atoms. The predicted molar refractivity (Wildman–Crippen MR) is 114 cm³/mol. The largest absolute Gasteiger partial charge is 0.480 e. The number of H-pyrrole nitrogens is 1. The van der Waals surface area contributed by atoms with E-state index in [1.165, 1.54) is 0 Å². The van der Waals surface area contributed by atoms with Crippen LogP contribution >= 0.6 is 0 Å². The number of imidazole rings is 1. The molecule has 1 aliphatic rings. The van der Waals surface area contributed by atoms with Gasteiger partial charge in [-0.2, -0.15) is 9.97 Å². The van der Waals surface area contributed by atoms with Crippen molar-refractivity contribution in [1.82, 2.24) is 29.3 Å². The Bertz CT molecular complexity index is 1190. The predicted octanol–water partition coefficient (Wildman–Crippen LogP) is 3.17. The maximum absolute atomic E-state index is 10.5.